The van der Waals surface area contributed by atoms with Crippen molar-refractivity contribution in [2.45, 2.75) is 251 Å². The zero-order valence-corrected chi connectivity index (χ0v) is 85.3. The van der Waals surface area contributed by atoms with Gasteiger partial charge >= 0.3 is 48.6 Å². The molecule has 8 aromatic rings. The van der Waals surface area contributed by atoms with Crippen LogP contribution in [0.25, 0.3) is 0 Å². The molecule has 0 bridgehead atoms. The Morgan fingerprint density at radius 2 is 0.662 bits per heavy atom. The number of ether oxygens (including phenoxy) is 7. The molecule has 0 unspecified atom stereocenters. The summed E-state index contributed by atoms with van der Waals surface area (Å²) in [4.78, 5) is 164. The van der Waals surface area contributed by atoms with E-state index in [1.54, 1.807) is 67.2 Å². The van der Waals surface area contributed by atoms with Crippen LogP contribution in [0.4, 0.5) is 33.6 Å². The Balaban J connectivity index is 0.000000168. The van der Waals surface area contributed by atoms with E-state index in [0.717, 1.165) is 102 Å². The lowest BCUT2D eigenvalue weighted by atomic mass is 9.87. The third kappa shape index (κ3) is 33.0. The lowest BCUT2D eigenvalue weighted by Gasteiger charge is -2.42. The van der Waals surface area contributed by atoms with Gasteiger partial charge in [0.1, 0.15) is 67.4 Å². The number of amides is 11. The maximum atomic E-state index is 14.0. The van der Waals surface area contributed by atoms with Gasteiger partial charge in [0.05, 0.1) is 37.8 Å². The Kier molecular flexibility index (Phi) is 39.7. The van der Waals surface area contributed by atoms with E-state index in [9.17, 15) is 62.6 Å². The first-order valence-electron chi connectivity index (χ1n) is 50.5. The SMILES string of the molecule is CC(C)(C)OC(=O)N1CCN(C(=O)OCc2ccccc2)C[C@H]1C(=O)N[C@@H]1CCCc2ccccc21.CC(C)(C)OC(=O)N1CCN(C(=O)OCc2ccccc2)C[C@H]1C(=O)O.CC(C)[C@H](NC(=O)OC(C)(C)C)C(=O)N1CCN(C(=O)OCc2ccccc2)C[C@H]1C(=O)N[C@@H]1CCCc2ccccc21.N[C@@H]1CCCc2ccccc21.O=C(N[C@@H]1CCCc2ccccc21)[C@@H]1CN(C(=O)OCc2ccccc2)CCN1. The zero-order chi connectivity index (χ0) is 104. The number of nitrogens with two attached hydrogens (primary N) is 1. The van der Waals surface area contributed by atoms with E-state index in [2.05, 4.69) is 75.1 Å². The highest BCUT2D eigenvalue weighted by molar-refractivity contribution is 5.93. The molecule has 776 valence electrons. The Bertz CT molecular complexity index is 5660. The summed E-state index contributed by atoms with van der Waals surface area (Å²) in [6.45, 7) is 22.2. The maximum absolute atomic E-state index is 14.0. The summed E-state index contributed by atoms with van der Waals surface area (Å²) in [6.07, 6.45) is 8.09. The number of carboxylic acid groups (broad SMARTS) is 1. The number of hydrogen-bond donors (Lipinski definition) is 7. The Morgan fingerprint density at radius 1 is 0.359 bits per heavy atom. The first kappa shape index (κ1) is 110. The molecule has 0 saturated carbocycles. The molecule has 0 radical (unpaired) electrons. The molecule has 4 aliphatic heterocycles. The van der Waals surface area contributed by atoms with Crippen molar-refractivity contribution in [3.63, 3.8) is 0 Å². The average Bonchev–Trinajstić information content (AvgIpc) is 0.789. The minimum atomic E-state index is -1.20. The molecule has 0 spiro atoms. The zero-order valence-electron chi connectivity index (χ0n) is 85.3. The van der Waals surface area contributed by atoms with E-state index in [-0.39, 0.29) is 133 Å². The molecule has 8 aliphatic rings. The molecule has 4 heterocycles. The number of hydrogen-bond acceptors (Lipinski definition) is 21. The fourth-order valence-electron chi connectivity index (χ4n) is 18.6. The highest BCUT2D eigenvalue weighted by Gasteiger charge is 2.46. The number of fused-ring (bicyclic) bond motifs is 4. The second-order valence-corrected chi connectivity index (χ2v) is 40.7. The lowest BCUT2D eigenvalue weighted by molar-refractivity contribution is -0.146. The van der Waals surface area contributed by atoms with Crippen LogP contribution in [0.1, 0.15) is 218 Å². The van der Waals surface area contributed by atoms with Crippen LogP contribution in [0.2, 0.25) is 0 Å². The number of rotatable bonds is 18. The van der Waals surface area contributed by atoms with Gasteiger partial charge in [0, 0.05) is 64.9 Å². The molecule has 33 heteroatoms. The van der Waals surface area contributed by atoms with Gasteiger partial charge in [-0.05, 0) is 212 Å². The Labute approximate surface area is 850 Å². The minimum absolute atomic E-state index is 0.0309. The van der Waals surface area contributed by atoms with Crippen molar-refractivity contribution in [1.82, 2.24) is 60.9 Å². The molecule has 0 aromatic heterocycles. The number of benzene rings is 8. The molecule has 16 rings (SSSR count). The maximum Gasteiger partial charge on any atom is 0.411 e. The quantitative estimate of drug-likeness (QED) is 0.0392. The number of carbonyl (C=O) groups is 12. The van der Waals surface area contributed by atoms with E-state index in [1.807, 2.05) is 184 Å². The molecule has 4 aliphatic carbocycles. The normalized spacial score (nSPS) is 19.7. The number of piperazine rings is 4. The van der Waals surface area contributed by atoms with Crippen LogP contribution in [-0.2, 0) is 109 Å². The number of alkyl carbamates (subject to hydrolysis) is 1. The molecule has 8 aromatic carbocycles. The van der Waals surface area contributed by atoms with Crippen molar-refractivity contribution in [3.8, 4) is 0 Å². The first-order valence-corrected chi connectivity index (χ1v) is 50.5. The molecule has 4 saturated heterocycles. The number of carboxylic acids is 1. The summed E-state index contributed by atoms with van der Waals surface area (Å²) in [6, 6.07) is 66.1. The molecule has 8 N–H and O–H groups in total. The Morgan fingerprint density at radius 3 is 1.01 bits per heavy atom. The summed E-state index contributed by atoms with van der Waals surface area (Å²) in [7, 11) is 0. The Hall–Kier alpha value is -14.1. The number of nitrogens with one attached hydrogen (secondary N) is 5. The third-order valence-electron chi connectivity index (χ3n) is 26.0. The molecule has 9 atom stereocenters. The summed E-state index contributed by atoms with van der Waals surface area (Å²) in [5.41, 5.74) is 17.2. The number of carbonyl (C=O) groups excluding carboxylic acids is 11. The highest BCUT2D eigenvalue weighted by atomic mass is 16.6. The van der Waals surface area contributed by atoms with Gasteiger partial charge in [-0.25, -0.2) is 38.4 Å². The molecular weight excluding hydrogens is 1850 g/mol. The van der Waals surface area contributed by atoms with Crippen molar-refractivity contribution in [1.29, 1.82) is 0 Å². The first-order chi connectivity index (χ1) is 69.4. The third-order valence-corrected chi connectivity index (χ3v) is 26.0. The van der Waals surface area contributed by atoms with Crippen LogP contribution in [0.15, 0.2) is 218 Å². The van der Waals surface area contributed by atoms with Crippen molar-refractivity contribution in [2.24, 2.45) is 11.7 Å². The van der Waals surface area contributed by atoms with E-state index in [1.165, 1.54) is 70.7 Å². The fraction of sp³-hybridized carbons (Fsp3) is 0.464. The smallest absolute Gasteiger partial charge is 0.411 e. The second kappa shape index (κ2) is 52.4. The van der Waals surface area contributed by atoms with Crippen LogP contribution in [0, 0.1) is 5.92 Å². The van der Waals surface area contributed by atoms with E-state index in [0.29, 0.717) is 25.7 Å². The second-order valence-electron chi connectivity index (χ2n) is 40.7. The van der Waals surface area contributed by atoms with E-state index >= 15 is 0 Å². The van der Waals surface area contributed by atoms with Crippen LogP contribution in [0.3, 0.4) is 0 Å². The number of aliphatic carboxylic acids is 1. The standard InChI is InChI=1S/C33H44N4O6.C28H35N3O5.C23H27N3O3.C18H24N2O6.C10H13N/c1-22(2)28(35-31(40)43-33(3,4)5)30(39)37-19-18-36(32(41)42-21-23-12-7-6-8-13-23)20-27(37)29(38)34-26-17-11-15-24-14-9-10-16-25(24)26;1-28(2,3)36-27(34)31-17-16-30(26(33)35-19-20-10-5-4-6-11-20)18-24(31)25(32)29-23-15-9-13-21-12-7-8-14-22(21)23;27-22(25-20-12-6-10-18-9-4-5-11-19(18)20)21-15-26(14-13-24-21)23(28)29-16-17-7-2-1-3-8-17;1-18(2,3)26-17(24)20-10-9-19(11-14(20)15(21)22)16(23)25-12-13-7-5-4-6-8-13;11-10-7-3-5-8-4-1-2-6-9(8)10/h6-10,12-14,16,22,26-28H,11,15,17-21H2,1-5H3,(H,34,38)(H,35,40);4-8,10-12,14,23-24H,9,13,15-19H2,1-3H3,(H,29,32);1-5,7-9,11,20-21,24H,6,10,12-16H2,(H,25,27);4-8,14H,9-12H2,1-3H3,(H,21,22);1-2,4,6,10H,3,5,7,11H2/t26-,27+,28+;23-,24+;20-,21+;14-;10-/m11101/s1. The highest BCUT2D eigenvalue weighted by Crippen LogP contribution is 2.35. The lowest BCUT2D eigenvalue weighted by Crippen LogP contribution is -2.65. The molecular formula is C112H143N13O20. The van der Waals surface area contributed by atoms with Gasteiger partial charge in [0.2, 0.25) is 23.6 Å². The van der Waals surface area contributed by atoms with Crippen LogP contribution in [-0.4, -0.2) is 237 Å². The predicted octanol–water partition coefficient (Wildman–Crippen LogP) is 16.2. The van der Waals surface area contributed by atoms with Gasteiger partial charge < -0.3 is 95.1 Å². The summed E-state index contributed by atoms with van der Waals surface area (Å²) in [5, 5.41) is 24.9. The van der Waals surface area contributed by atoms with Gasteiger partial charge in [0.25, 0.3) is 0 Å². The van der Waals surface area contributed by atoms with Crippen molar-refractivity contribution in [3.05, 3.63) is 285 Å². The van der Waals surface area contributed by atoms with Gasteiger partial charge in [-0.3, -0.25) is 29.0 Å². The summed E-state index contributed by atoms with van der Waals surface area (Å²) in [5.74, 6) is -2.59. The molecule has 33 nitrogen and oxygen atoms in total. The molecule has 4 fully saturated rings. The summed E-state index contributed by atoms with van der Waals surface area (Å²) >= 11 is 0. The van der Waals surface area contributed by atoms with Gasteiger partial charge in [-0.1, -0.05) is 232 Å². The van der Waals surface area contributed by atoms with E-state index in [4.69, 9.17) is 38.9 Å². The predicted molar refractivity (Wildman–Crippen MR) is 546 cm³/mol. The van der Waals surface area contributed by atoms with Gasteiger partial charge in [-0.2, -0.15) is 0 Å². The minimum Gasteiger partial charge on any atom is -0.480 e. The average molecular weight is 1990 g/mol. The van der Waals surface area contributed by atoms with Crippen LogP contribution < -0.4 is 32.3 Å². The number of nitrogens with zero attached hydrogens (tertiary/aromatic N) is 7. The topological polar surface area (TPSA) is 399 Å². The van der Waals surface area contributed by atoms with Gasteiger partial charge in [0.15, 0.2) is 6.04 Å². The monoisotopic (exact) mass is 1990 g/mol. The fourth-order valence-corrected chi connectivity index (χ4v) is 18.6. The molecule has 11 amide bonds. The van der Waals surface area contributed by atoms with E-state index < -0.39 is 95.4 Å². The largest absolute Gasteiger partial charge is 0.480 e. The van der Waals surface area contributed by atoms with Crippen molar-refractivity contribution >= 4 is 72.3 Å². The summed E-state index contributed by atoms with van der Waals surface area (Å²) < 4.78 is 37.9. The van der Waals surface area contributed by atoms with Gasteiger partial charge in [-0.15, -0.1) is 0 Å². The number of aryl methyl sites for hydroxylation is 4. The van der Waals surface area contributed by atoms with Crippen molar-refractivity contribution in [2.75, 3.05) is 78.5 Å². The molecule has 145 heavy (non-hydrogen) atoms. The van der Waals surface area contributed by atoms with Crippen LogP contribution in [0.5, 0.6) is 0 Å². The van der Waals surface area contributed by atoms with Crippen molar-refractivity contribution < 1.29 is 95.8 Å². The van der Waals surface area contributed by atoms with Crippen LogP contribution >= 0.6 is 0 Å².